The first kappa shape index (κ1) is 13.5. The van der Waals surface area contributed by atoms with Gasteiger partial charge in [0.2, 0.25) is 0 Å². The van der Waals surface area contributed by atoms with Crippen molar-refractivity contribution in [2.24, 2.45) is 0 Å². The van der Waals surface area contributed by atoms with E-state index in [1.54, 1.807) is 0 Å². The van der Waals surface area contributed by atoms with Crippen molar-refractivity contribution in [2.45, 2.75) is 51.0 Å². The van der Waals surface area contributed by atoms with Gasteiger partial charge in [0.15, 0.2) is 0 Å². The summed E-state index contributed by atoms with van der Waals surface area (Å²) in [7, 11) is 0. The maximum absolute atomic E-state index is 5.05. The van der Waals surface area contributed by atoms with E-state index in [0.717, 1.165) is 25.8 Å². The molecule has 0 radical (unpaired) electrons. The van der Waals surface area contributed by atoms with E-state index in [9.17, 15) is 0 Å². The fourth-order valence-corrected chi connectivity index (χ4v) is 5.16. The fourth-order valence-electron chi connectivity index (χ4n) is 3.80. The fraction of sp³-hybridized carbons (Fsp3) is 0.500. The highest BCUT2D eigenvalue weighted by molar-refractivity contribution is 7.12. The van der Waals surface area contributed by atoms with Crippen LogP contribution in [0.15, 0.2) is 24.3 Å². The van der Waals surface area contributed by atoms with Gasteiger partial charge >= 0.3 is 0 Å². The second-order valence-electron chi connectivity index (χ2n) is 6.23. The molecule has 1 aromatic heterocycles. The van der Waals surface area contributed by atoms with E-state index in [2.05, 4.69) is 36.5 Å². The zero-order chi connectivity index (χ0) is 14.3. The lowest BCUT2D eigenvalue weighted by atomic mass is 9.92. The first-order chi connectivity index (χ1) is 10.3. The highest BCUT2D eigenvalue weighted by atomic mass is 32.1. The Kier molecular flexibility index (Phi) is 3.35. The van der Waals surface area contributed by atoms with Crippen LogP contribution in [0.3, 0.4) is 0 Å². The predicted molar refractivity (Wildman–Crippen MR) is 88.0 cm³/mol. The molecule has 2 aromatic rings. The largest absolute Gasteiger partial charge is 0.302 e. The van der Waals surface area contributed by atoms with Crippen LogP contribution < -0.4 is 5.32 Å². The van der Waals surface area contributed by atoms with Gasteiger partial charge in [-0.05, 0) is 56.2 Å². The lowest BCUT2D eigenvalue weighted by molar-refractivity contribution is 0.396. The molecule has 0 saturated carbocycles. The summed E-state index contributed by atoms with van der Waals surface area (Å²) in [4.78, 5) is 6.59. The van der Waals surface area contributed by atoms with Crippen molar-refractivity contribution in [2.75, 3.05) is 6.54 Å². The van der Waals surface area contributed by atoms with E-state index in [1.807, 2.05) is 11.3 Å². The number of nitrogens with zero attached hydrogens (tertiary/aromatic N) is 1. The number of thiazole rings is 1. The van der Waals surface area contributed by atoms with E-state index < -0.39 is 0 Å². The van der Waals surface area contributed by atoms with Gasteiger partial charge in [-0.15, -0.1) is 11.3 Å². The molecule has 0 bridgehead atoms. The summed E-state index contributed by atoms with van der Waals surface area (Å²) in [5.41, 5.74) is 4.31. The van der Waals surface area contributed by atoms with Gasteiger partial charge in [-0.1, -0.05) is 31.2 Å². The summed E-state index contributed by atoms with van der Waals surface area (Å²) in [5.74, 6) is 0. The van der Waals surface area contributed by atoms with Crippen LogP contribution >= 0.6 is 11.3 Å². The Bertz CT molecular complexity index is 639. The quantitative estimate of drug-likeness (QED) is 0.928. The third-order valence-electron chi connectivity index (χ3n) is 4.88. The topological polar surface area (TPSA) is 24.9 Å². The van der Waals surface area contributed by atoms with Crippen LogP contribution in [0.2, 0.25) is 0 Å². The SMILES string of the molecule is CCCNC1(c2nc3c(s2)CCC3)CCc2ccccc21. The second-order valence-corrected chi connectivity index (χ2v) is 7.32. The average Bonchev–Trinajstić information content (AvgIpc) is 3.18. The van der Waals surface area contributed by atoms with Crippen molar-refractivity contribution in [3.05, 3.63) is 51.0 Å². The van der Waals surface area contributed by atoms with Crippen LogP contribution in [0, 0.1) is 0 Å². The molecule has 4 rings (SSSR count). The zero-order valence-electron chi connectivity index (χ0n) is 12.6. The van der Waals surface area contributed by atoms with E-state index in [-0.39, 0.29) is 5.54 Å². The van der Waals surface area contributed by atoms with Gasteiger partial charge in [-0.3, -0.25) is 0 Å². The van der Waals surface area contributed by atoms with Gasteiger partial charge in [-0.2, -0.15) is 0 Å². The molecule has 1 heterocycles. The van der Waals surface area contributed by atoms with Crippen LogP contribution in [0.25, 0.3) is 0 Å². The molecule has 0 spiro atoms. The molecule has 2 aliphatic rings. The van der Waals surface area contributed by atoms with Crippen LogP contribution in [-0.4, -0.2) is 11.5 Å². The zero-order valence-corrected chi connectivity index (χ0v) is 13.4. The van der Waals surface area contributed by atoms with Gasteiger partial charge < -0.3 is 5.32 Å². The molecule has 1 aromatic carbocycles. The van der Waals surface area contributed by atoms with Crippen molar-refractivity contribution in [3.8, 4) is 0 Å². The Morgan fingerprint density at radius 3 is 3.00 bits per heavy atom. The minimum atomic E-state index is -0.0262. The third-order valence-corrected chi connectivity index (χ3v) is 6.20. The lowest BCUT2D eigenvalue weighted by Gasteiger charge is -2.30. The molecular weight excluding hydrogens is 276 g/mol. The molecule has 2 aliphatic carbocycles. The molecule has 0 aliphatic heterocycles. The van der Waals surface area contributed by atoms with Gasteiger partial charge in [-0.25, -0.2) is 4.98 Å². The Labute approximate surface area is 130 Å². The van der Waals surface area contributed by atoms with Crippen molar-refractivity contribution in [3.63, 3.8) is 0 Å². The Morgan fingerprint density at radius 1 is 1.24 bits per heavy atom. The van der Waals surface area contributed by atoms with Crippen molar-refractivity contribution in [1.82, 2.24) is 10.3 Å². The molecule has 2 nitrogen and oxygen atoms in total. The lowest BCUT2D eigenvalue weighted by Crippen LogP contribution is -2.42. The molecule has 21 heavy (non-hydrogen) atoms. The van der Waals surface area contributed by atoms with Crippen LogP contribution in [0.1, 0.15) is 52.9 Å². The number of fused-ring (bicyclic) bond motifs is 2. The van der Waals surface area contributed by atoms with Gasteiger partial charge in [0.05, 0.1) is 11.2 Å². The molecule has 110 valence electrons. The Hall–Kier alpha value is -1.19. The maximum Gasteiger partial charge on any atom is 0.118 e. The van der Waals surface area contributed by atoms with Crippen LogP contribution in [0.5, 0.6) is 0 Å². The molecule has 1 N–H and O–H groups in total. The molecular formula is C18H22N2S. The highest BCUT2D eigenvalue weighted by Crippen LogP contribution is 2.45. The van der Waals surface area contributed by atoms with E-state index in [0.29, 0.717) is 0 Å². The average molecular weight is 298 g/mol. The number of aryl methyl sites for hydroxylation is 3. The number of nitrogens with one attached hydrogen (secondary N) is 1. The standard InChI is InChI=1S/C18H22N2S/c1-2-12-19-18(11-10-13-6-3-4-7-14(13)18)17-20-15-8-5-9-16(15)21-17/h3-4,6-7,19H,2,5,8-12H2,1H3. The Morgan fingerprint density at radius 2 is 2.14 bits per heavy atom. The van der Waals surface area contributed by atoms with Crippen molar-refractivity contribution in [1.29, 1.82) is 0 Å². The second kappa shape index (κ2) is 5.22. The minimum Gasteiger partial charge on any atom is -0.302 e. The van der Waals surface area contributed by atoms with Gasteiger partial charge in [0.1, 0.15) is 5.01 Å². The third kappa shape index (κ3) is 2.06. The number of benzene rings is 1. The van der Waals surface area contributed by atoms with Crippen molar-refractivity contribution >= 4 is 11.3 Å². The van der Waals surface area contributed by atoms with E-state index in [1.165, 1.54) is 46.0 Å². The van der Waals surface area contributed by atoms with Crippen molar-refractivity contribution < 1.29 is 0 Å². The normalized spacial score (nSPS) is 23.3. The summed E-state index contributed by atoms with van der Waals surface area (Å²) >= 11 is 1.96. The molecule has 0 saturated heterocycles. The Balaban J connectivity index is 1.81. The molecule has 0 amide bonds. The van der Waals surface area contributed by atoms with Gasteiger partial charge in [0, 0.05) is 4.88 Å². The summed E-state index contributed by atoms with van der Waals surface area (Å²) < 4.78 is 0. The summed E-state index contributed by atoms with van der Waals surface area (Å²) in [6.45, 7) is 3.29. The van der Waals surface area contributed by atoms with Crippen LogP contribution in [-0.2, 0) is 24.8 Å². The van der Waals surface area contributed by atoms with Crippen LogP contribution in [0.4, 0.5) is 0 Å². The molecule has 0 fully saturated rings. The molecule has 1 unspecified atom stereocenters. The molecule has 1 atom stereocenters. The van der Waals surface area contributed by atoms with E-state index in [4.69, 9.17) is 4.98 Å². The van der Waals surface area contributed by atoms with Gasteiger partial charge in [0.25, 0.3) is 0 Å². The summed E-state index contributed by atoms with van der Waals surface area (Å²) in [6.07, 6.45) is 7.18. The summed E-state index contributed by atoms with van der Waals surface area (Å²) in [6, 6.07) is 8.92. The molecule has 3 heteroatoms. The van der Waals surface area contributed by atoms with E-state index >= 15 is 0 Å². The first-order valence-electron chi connectivity index (χ1n) is 8.16. The monoisotopic (exact) mass is 298 g/mol. The number of aromatic nitrogens is 1. The number of rotatable bonds is 4. The summed E-state index contributed by atoms with van der Waals surface area (Å²) in [5, 5.41) is 5.16. The number of hydrogen-bond acceptors (Lipinski definition) is 3. The number of hydrogen-bond donors (Lipinski definition) is 1. The predicted octanol–water partition coefficient (Wildman–Crippen LogP) is 3.82. The smallest absolute Gasteiger partial charge is 0.118 e. The highest BCUT2D eigenvalue weighted by Gasteiger charge is 2.42. The first-order valence-corrected chi connectivity index (χ1v) is 8.97. The minimum absolute atomic E-state index is 0.0262. The maximum atomic E-state index is 5.05.